The molecule has 122 valence electrons. The lowest BCUT2D eigenvalue weighted by Crippen LogP contribution is -2.29. The van der Waals surface area contributed by atoms with Crippen LogP contribution < -0.4 is 10.1 Å². The van der Waals surface area contributed by atoms with Gasteiger partial charge in [0.05, 0.1) is 7.11 Å². The number of amides is 1. The van der Waals surface area contributed by atoms with Gasteiger partial charge >= 0.3 is 0 Å². The van der Waals surface area contributed by atoms with E-state index in [1.54, 1.807) is 13.2 Å². The average Bonchev–Trinajstić information content (AvgIpc) is 2.56. The first-order valence-electron chi connectivity index (χ1n) is 7.41. The highest BCUT2D eigenvalue weighted by atomic mass is 16.5. The lowest BCUT2D eigenvalue weighted by molar-refractivity contribution is -0.124. The number of ether oxygens (including phenoxy) is 1. The summed E-state index contributed by atoms with van der Waals surface area (Å²) < 4.78 is 5.15. The van der Waals surface area contributed by atoms with Crippen molar-refractivity contribution in [3.8, 4) is 17.2 Å². The van der Waals surface area contributed by atoms with Crippen LogP contribution in [0.4, 0.5) is 0 Å². The topological polar surface area (TPSA) is 78.8 Å². The van der Waals surface area contributed by atoms with Crippen molar-refractivity contribution in [2.45, 2.75) is 19.9 Å². The highest BCUT2D eigenvalue weighted by Gasteiger charge is 2.14. The van der Waals surface area contributed by atoms with Crippen molar-refractivity contribution < 1.29 is 19.7 Å². The van der Waals surface area contributed by atoms with Gasteiger partial charge in [-0.05, 0) is 41.8 Å². The molecule has 1 amide bonds. The number of rotatable bonds is 6. The van der Waals surface area contributed by atoms with Crippen LogP contribution in [0, 0.1) is 5.92 Å². The van der Waals surface area contributed by atoms with Gasteiger partial charge in [0.15, 0.2) is 11.5 Å². The molecule has 2 aromatic rings. The fourth-order valence-electron chi connectivity index (χ4n) is 2.29. The largest absolute Gasteiger partial charge is 0.504 e. The Balaban J connectivity index is 1.90. The third kappa shape index (κ3) is 4.64. The van der Waals surface area contributed by atoms with Gasteiger partial charge in [-0.2, -0.15) is 0 Å². The molecule has 0 aromatic heterocycles. The van der Waals surface area contributed by atoms with Gasteiger partial charge in [0.25, 0.3) is 0 Å². The predicted molar refractivity (Wildman–Crippen MR) is 87.5 cm³/mol. The normalized spacial score (nSPS) is 11.7. The smallest absolute Gasteiger partial charge is 0.223 e. The maximum Gasteiger partial charge on any atom is 0.223 e. The van der Waals surface area contributed by atoms with E-state index in [-0.39, 0.29) is 23.3 Å². The van der Waals surface area contributed by atoms with Crippen molar-refractivity contribution in [1.82, 2.24) is 5.32 Å². The fourth-order valence-corrected chi connectivity index (χ4v) is 2.29. The summed E-state index contributed by atoms with van der Waals surface area (Å²) in [5.74, 6) is 0.102. The zero-order chi connectivity index (χ0) is 16.8. The lowest BCUT2D eigenvalue weighted by Gasteiger charge is -2.13. The van der Waals surface area contributed by atoms with Crippen molar-refractivity contribution in [2.24, 2.45) is 5.92 Å². The minimum Gasteiger partial charge on any atom is -0.504 e. The molecular formula is C18H21NO4. The van der Waals surface area contributed by atoms with Crippen LogP contribution in [0.2, 0.25) is 0 Å². The molecule has 3 N–H and O–H groups in total. The van der Waals surface area contributed by atoms with Crippen molar-refractivity contribution >= 4 is 5.91 Å². The Hall–Kier alpha value is -2.69. The molecule has 1 atom stereocenters. The molecule has 0 aliphatic carbocycles. The first-order valence-corrected chi connectivity index (χ1v) is 7.41. The van der Waals surface area contributed by atoms with Gasteiger partial charge in [0, 0.05) is 12.5 Å². The molecule has 5 heteroatoms. The van der Waals surface area contributed by atoms with Gasteiger partial charge in [0.2, 0.25) is 5.91 Å². The number of carbonyl (C=O) groups excluding carboxylic acids is 1. The van der Waals surface area contributed by atoms with Gasteiger partial charge in [-0.15, -0.1) is 0 Å². The van der Waals surface area contributed by atoms with Gasteiger partial charge < -0.3 is 20.3 Å². The molecule has 0 fully saturated rings. The molecule has 0 saturated carbocycles. The number of benzene rings is 2. The maximum absolute atomic E-state index is 12.2. The molecule has 0 aliphatic rings. The number of phenols is 2. The first kappa shape index (κ1) is 16.7. The zero-order valence-corrected chi connectivity index (χ0v) is 13.2. The first-order chi connectivity index (χ1) is 11.0. The number of hydrogen-bond acceptors (Lipinski definition) is 4. The Labute approximate surface area is 135 Å². The molecular weight excluding hydrogens is 294 g/mol. The molecule has 0 saturated heterocycles. The highest BCUT2D eigenvalue weighted by molar-refractivity contribution is 5.78. The van der Waals surface area contributed by atoms with E-state index in [4.69, 9.17) is 4.74 Å². The van der Waals surface area contributed by atoms with E-state index in [1.165, 1.54) is 12.1 Å². The second-order valence-electron chi connectivity index (χ2n) is 5.50. The quantitative estimate of drug-likeness (QED) is 0.716. The van der Waals surface area contributed by atoms with E-state index in [0.717, 1.165) is 16.9 Å². The molecule has 2 rings (SSSR count). The van der Waals surface area contributed by atoms with Crippen LogP contribution in [-0.2, 0) is 17.8 Å². The summed E-state index contributed by atoms with van der Waals surface area (Å²) in [7, 11) is 1.60. The van der Waals surface area contributed by atoms with Crippen LogP contribution in [-0.4, -0.2) is 23.2 Å². The zero-order valence-electron chi connectivity index (χ0n) is 13.2. The second kappa shape index (κ2) is 7.54. The van der Waals surface area contributed by atoms with E-state index in [2.05, 4.69) is 5.32 Å². The Kier molecular flexibility index (Phi) is 5.46. The van der Waals surface area contributed by atoms with Gasteiger partial charge in [-0.25, -0.2) is 0 Å². The summed E-state index contributed by atoms with van der Waals surface area (Å²) in [4.78, 5) is 12.2. The molecule has 1 unspecified atom stereocenters. The summed E-state index contributed by atoms with van der Waals surface area (Å²) in [5.41, 5.74) is 1.76. The second-order valence-corrected chi connectivity index (χ2v) is 5.50. The maximum atomic E-state index is 12.2. The Bertz CT molecular complexity index is 684. The van der Waals surface area contributed by atoms with Crippen molar-refractivity contribution in [1.29, 1.82) is 0 Å². The van der Waals surface area contributed by atoms with Crippen molar-refractivity contribution in [2.75, 3.05) is 7.11 Å². The number of carbonyl (C=O) groups is 1. The number of phenolic OH excluding ortho intramolecular Hbond substituents is 2. The average molecular weight is 315 g/mol. The molecule has 0 spiro atoms. The van der Waals surface area contributed by atoms with Crippen molar-refractivity contribution in [3.63, 3.8) is 0 Å². The van der Waals surface area contributed by atoms with Gasteiger partial charge in [0.1, 0.15) is 5.75 Å². The summed E-state index contributed by atoms with van der Waals surface area (Å²) in [5, 5.41) is 21.7. The van der Waals surface area contributed by atoms with Crippen LogP contribution in [0.1, 0.15) is 18.1 Å². The SMILES string of the molecule is COc1cccc(CNC(=O)C(C)Cc2ccc(O)c(O)c2)c1. The summed E-state index contributed by atoms with van der Waals surface area (Å²) in [6, 6.07) is 12.1. The monoisotopic (exact) mass is 315 g/mol. The van der Waals surface area contributed by atoms with Gasteiger partial charge in [-0.3, -0.25) is 4.79 Å². The molecule has 2 aromatic carbocycles. The number of methoxy groups -OCH3 is 1. The van der Waals surface area contributed by atoms with Crippen LogP contribution >= 0.6 is 0 Å². The van der Waals surface area contributed by atoms with E-state index in [0.29, 0.717) is 13.0 Å². The number of hydrogen-bond donors (Lipinski definition) is 3. The Morgan fingerprint density at radius 2 is 1.91 bits per heavy atom. The van der Waals surface area contributed by atoms with Crippen LogP contribution in [0.5, 0.6) is 17.2 Å². The predicted octanol–water partition coefficient (Wildman–Crippen LogP) is 2.60. The minimum absolute atomic E-state index is 0.0691. The third-order valence-electron chi connectivity index (χ3n) is 3.63. The van der Waals surface area contributed by atoms with Crippen LogP contribution in [0.3, 0.4) is 0 Å². The fraction of sp³-hybridized carbons (Fsp3) is 0.278. The van der Waals surface area contributed by atoms with E-state index in [9.17, 15) is 15.0 Å². The highest BCUT2D eigenvalue weighted by Crippen LogP contribution is 2.26. The molecule has 0 aliphatic heterocycles. The van der Waals surface area contributed by atoms with Crippen LogP contribution in [0.15, 0.2) is 42.5 Å². The van der Waals surface area contributed by atoms with Crippen LogP contribution in [0.25, 0.3) is 0 Å². The lowest BCUT2D eigenvalue weighted by atomic mass is 10.00. The summed E-state index contributed by atoms with van der Waals surface area (Å²) in [6.45, 7) is 2.26. The molecule has 0 heterocycles. The van der Waals surface area contributed by atoms with Gasteiger partial charge in [-0.1, -0.05) is 25.1 Å². The standard InChI is InChI=1S/C18H21NO4/c1-12(8-13-6-7-16(20)17(21)10-13)18(22)19-11-14-4-3-5-15(9-14)23-2/h3-7,9-10,12,20-21H,8,11H2,1-2H3,(H,19,22). The summed E-state index contributed by atoms with van der Waals surface area (Å²) in [6.07, 6.45) is 0.484. The molecule has 0 bridgehead atoms. The van der Waals surface area contributed by atoms with E-state index in [1.807, 2.05) is 31.2 Å². The Morgan fingerprint density at radius 1 is 1.13 bits per heavy atom. The third-order valence-corrected chi connectivity index (χ3v) is 3.63. The molecule has 0 radical (unpaired) electrons. The Morgan fingerprint density at radius 3 is 2.61 bits per heavy atom. The molecule has 23 heavy (non-hydrogen) atoms. The number of nitrogens with one attached hydrogen (secondary N) is 1. The number of aromatic hydroxyl groups is 2. The van der Waals surface area contributed by atoms with E-state index < -0.39 is 0 Å². The minimum atomic E-state index is -0.246. The summed E-state index contributed by atoms with van der Waals surface area (Å²) >= 11 is 0. The van der Waals surface area contributed by atoms with E-state index >= 15 is 0 Å². The van der Waals surface area contributed by atoms with Crippen molar-refractivity contribution in [3.05, 3.63) is 53.6 Å². The molecule has 5 nitrogen and oxygen atoms in total.